The molecule has 0 N–H and O–H groups in total. The molecular weight excluding hydrogens is 283 g/mol. The van der Waals surface area contributed by atoms with E-state index in [0.29, 0.717) is 0 Å². The van der Waals surface area contributed by atoms with Crippen LogP contribution in [0.4, 0.5) is 17.3 Å². The standard InChI is InChI=1S/C14H25N2.BF4/c1-14(16-11-6-3-7-12-16)8-13-15-9-4-2-5-10-15;2-1(3,4)5/h8,13H,2-7,9-12H2,1H3;/q+1;-1. The first-order valence-electron chi connectivity index (χ1n) is 7.74. The molecule has 2 nitrogen and oxygen atoms in total. The van der Waals surface area contributed by atoms with Gasteiger partial charge >= 0.3 is 7.25 Å². The predicted molar refractivity (Wildman–Crippen MR) is 79.3 cm³/mol. The van der Waals surface area contributed by atoms with Crippen LogP contribution in [0.1, 0.15) is 45.4 Å². The summed E-state index contributed by atoms with van der Waals surface area (Å²) in [5, 5.41) is 0. The van der Waals surface area contributed by atoms with E-state index in [-0.39, 0.29) is 0 Å². The third-order valence-electron chi connectivity index (χ3n) is 3.77. The largest absolute Gasteiger partial charge is 0.673 e. The molecule has 0 saturated carbocycles. The molecule has 2 saturated heterocycles. The Morgan fingerprint density at radius 2 is 1.38 bits per heavy atom. The Hall–Kier alpha value is -1.01. The van der Waals surface area contributed by atoms with Crippen LogP contribution in [-0.4, -0.2) is 49.1 Å². The summed E-state index contributed by atoms with van der Waals surface area (Å²) in [5.74, 6) is 0. The number of likely N-dealkylation sites (tertiary alicyclic amines) is 1. The molecule has 0 aliphatic carbocycles. The van der Waals surface area contributed by atoms with Gasteiger partial charge in [-0.1, -0.05) is 0 Å². The van der Waals surface area contributed by atoms with Crippen LogP contribution in [-0.2, 0) is 0 Å². The summed E-state index contributed by atoms with van der Waals surface area (Å²) in [6.07, 6.45) is 12.9. The van der Waals surface area contributed by atoms with Gasteiger partial charge in [0, 0.05) is 37.7 Å². The van der Waals surface area contributed by atoms with Gasteiger partial charge in [0.25, 0.3) is 0 Å². The summed E-state index contributed by atoms with van der Waals surface area (Å²) in [4.78, 5) is 2.53. The zero-order valence-corrected chi connectivity index (χ0v) is 12.7. The van der Waals surface area contributed by atoms with E-state index >= 15 is 0 Å². The summed E-state index contributed by atoms with van der Waals surface area (Å²) in [6, 6.07) is 0. The Labute approximate surface area is 124 Å². The van der Waals surface area contributed by atoms with E-state index in [1.54, 1.807) is 0 Å². The highest BCUT2D eigenvalue weighted by atomic mass is 19.5. The molecular formula is C14H25BF4N2. The highest BCUT2D eigenvalue weighted by molar-refractivity contribution is 6.50. The van der Waals surface area contributed by atoms with E-state index in [9.17, 15) is 17.3 Å². The van der Waals surface area contributed by atoms with E-state index in [1.807, 2.05) is 0 Å². The molecule has 2 heterocycles. The predicted octanol–water partition coefficient (Wildman–Crippen LogP) is 3.94. The van der Waals surface area contributed by atoms with Crippen LogP contribution in [0.2, 0.25) is 0 Å². The smallest absolute Gasteiger partial charge is 0.418 e. The van der Waals surface area contributed by atoms with E-state index in [4.69, 9.17) is 0 Å². The van der Waals surface area contributed by atoms with Crippen LogP contribution < -0.4 is 0 Å². The molecule has 0 atom stereocenters. The molecule has 2 rings (SSSR count). The van der Waals surface area contributed by atoms with Crippen molar-refractivity contribution in [2.24, 2.45) is 0 Å². The molecule has 0 aromatic rings. The molecule has 0 bridgehead atoms. The van der Waals surface area contributed by atoms with E-state index < -0.39 is 7.25 Å². The Morgan fingerprint density at radius 1 is 0.905 bits per heavy atom. The maximum atomic E-state index is 9.75. The molecule has 0 aromatic heterocycles. The number of nitrogens with zero attached hydrogens (tertiary/aromatic N) is 2. The van der Waals surface area contributed by atoms with Crippen molar-refractivity contribution in [2.45, 2.75) is 45.4 Å². The van der Waals surface area contributed by atoms with E-state index in [2.05, 4.69) is 28.7 Å². The van der Waals surface area contributed by atoms with Crippen molar-refractivity contribution in [1.82, 2.24) is 4.90 Å². The summed E-state index contributed by atoms with van der Waals surface area (Å²) < 4.78 is 41.5. The van der Waals surface area contributed by atoms with Crippen molar-refractivity contribution in [3.05, 3.63) is 11.8 Å². The number of halogens is 4. The Kier molecular flexibility index (Phi) is 7.82. The second-order valence-corrected chi connectivity index (χ2v) is 5.60. The first kappa shape index (κ1) is 18.0. The number of hydrogen-bond donors (Lipinski definition) is 0. The van der Waals surface area contributed by atoms with Crippen LogP contribution in [0, 0.1) is 0 Å². The van der Waals surface area contributed by atoms with Gasteiger partial charge in [-0.25, -0.2) is 4.58 Å². The first-order valence-corrected chi connectivity index (χ1v) is 7.74. The maximum absolute atomic E-state index is 9.75. The zero-order valence-electron chi connectivity index (χ0n) is 12.7. The number of piperidine rings is 2. The van der Waals surface area contributed by atoms with Crippen molar-refractivity contribution in [1.29, 1.82) is 0 Å². The van der Waals surface area contributed by atoms with Gasteiger partial charge in [-0.15, -0.1) is 0 Å². The molecule has 7 heteroatoms. The average Bonchev–Trinajstić information content (AvgIpc) is 2.45. The van der Waals surface area contributed by atoms with Crippen LogP contribution in [0.15, 0.2) is 11.8 Å². The molecule has 0 spiro atoms. The van der Waals surface area contributed by atoms with Gasteiger partial charge < -0.3 is 22.2 Å². The Bertz CT molecular complexity index is 346. The molecule has 0 amide bonds. The number of hydrogen-bond acceptors (Lipinski definition) is 1. The van der Waals surface area contributed by atoms with Crippen molar-refractivity contribution in [3.8, 4) is 0 Å². The second-order valence-electron chi connectivity index (χ2n) is 5.60. The molecule has 0 radical (unpaired) electrons. The van der Waals surface area contributed by atoms with Crippen molar-refractivity contribution in [2.75, 3.05) is 26.2 Å². The zero-order chi connectivity index (χ0) is 15.7. The van der Waals surface area contributed by atoms with Gasteiger partial charge in [0.2, 0.25) is 0 Å². The van der Waals surface area contributed by atoms with Gasteiger partial charge in [0.05, 0.1) is 0 Å². The molecule has 122 valence electrons. The molecule has 21 heavy (non-hydrogen) atoms. The number of allylic oxidation sites excluding steroid dienone is 2. The quantitative estimate of drug-likeness (QED) is 0.425. The lowest BCUT2D eigenvalue weighted by Gasteiger charge is -2.28. The minimum atomic E-state index is -6.00. The van der Waals surface area contributed by atoms with Gasteiger partial charge in [0.15, 0.2) is 6.21 Å². The monoisotopic (exact) mass is 308 g/mol. The lowest BCUT2D eigenvalue weighted by molar-refractivity contribution is -0.532. The fourth-order valence-electron chi connectivity index (χ4n) is 2.63. The van der Waals surface area contributed by atoms with Crippen LogP contribution >= 0.6 is 0 Å². The van der Waals surface area contributed by atoms with Crippen LogP contribution in [0.5, 0.6) is 0 Å². The van der Waals surface area contributed by atoms with Gasteiger partial charge in [-0.3, -0.25) is 0 Å². The molecule has 2 fully saturated rings. The van der Waals surface area contributed by atoms with Crippen molar-refractivity contribution in [3.63, 3.8) is 0 Å². The van der Waals surface area contributed by atoms with E-state index in [0.717, 1.165) is 0 Å². The van der Waals surface area contributed by atoms with E-state index in [1.165, 1.54) is 70.4 Å². The summed E-state index contributed by atoms with van der Waals surface area (Å²) in [7, 11) is -6.00. The molecule has 2 aliphatic heterocycles. The lowest BCUT2D eigenvalue weighted by atomic mass is 10.1. The van der Waals surface area contributed by atoms with Crippen molar-refractivity contribution < 1.29 is 21.8 Å². The molecule has 0 unspecified atom stereocenters. The fraction of sp³-hybridized carbons (Fsp3) is 0.786. The van der Waals surface area contributed by atoms with Crippen LogP contribution in [0.25, 0.3) is 0 Å². The van der Waals surface area contributed by atoms with Crippen molar-refractivity contribution >= 4 is 13.5 Å². The van der Waals surface area contributed by atoms with Crippen LogP contribution in [0.3, 0.4) is 0 Å². The summed E-state index contributed by atoms with van der Waals surface area (Å²) >= 11 is 0. The summed E-state index contributed by atoms with van der Waals surface area (Å²) in [6.45, 7) is 7.28. The third-order valence-corrected chi connectivity index (χ3v) is 3.77. The topological polar surface area (TPSA) is 6.25 Å². The Morgan fingerprint density at radius 3 is 1.90 bits per heavy atom. The lowest BCUT2D eigenvalue weighted by Crippen LogP contribution is -2.28. The number of rotatable bonds is 2. The fourth-order valence-corrected chi connectivity index (χ4v) is 2.63. The van der Waals surface area contributed by atoms with Gasteiger partial charge in [-0.2, -0.15) is 0 Å². The Balaban J connectivity index is 0.000000383. The minimum absolute atomic E-state index is 1.25. The van der Waals surface area contributed by atoms with Gasteiger partial charge in [0.1, 0.15) is 13.1 Å². The normalized spacial score (nSPS) is 20.7. The highest BCUT2D eigenvalue weighted by Crippen LogP contribution is 2.13. The highest BCUT2D eigenvalue weighted by Gasteiger charge is 2.20. The second kappa shape index (κ2) is 9.10. The minimum Gasteiger partial charge on any atom is -0.418 e. The SMILES string of the molecule is C/C(=C\C=[N+]1CCCCC1)N1CCCCC1.F[B-](F)(F)F. The molecule has 2 aliphatic rings. The first-order chi connectivity index (χ1) is 9.86. The summed E-state index contributed by atoms with van der Waals surface area (Å²) in [5.41, 5.74) is 1.45. The third kappa shape index (κ3) is 9.53. The average molecular weight is 308 g/mol. The van der Waals surface area contributed by atoms with Gasteiger partial charge in [-0.05, 0) is 32.6 Å². The molecule has 0 aromatic carbocycles. The maximum Gasteiger partial charge on any atom is 0.673 e.